The van der Waals surface area contributed by atoms with Gasteiger partial charge in [0.05, 0.1) is 12.4 Å². The van der Waals surface area contributed by atoms with Gasteiger partial charge in [-0.15, -0.1) is 0 Å². The first-order chi connectivity index (χ1) is 3.00. The fourth-order valence-corrected chi connectivity index (χ4v) is 0.277. The molecule has 0 atom stereocenters. The van der Waals surface area contributed by atoms with Crippen molar-refractivity contribution in [1.82, 2.24) is 4.98 Å². The van der Waals surface area contributed by atoms with Gasteiger partial charge in [-0.1, -0.05) is 0 Å². The second-order valence-electron chi connectivity index (χ2n) is 0.947. The van der Waals surface area contributed by atoms with Crippen LogP contribution in [0.4, 0.5) is 0 Å². The fourth-order valence-electron chi connectivity index (χ4n) is 0.277. The Morgan fingerprint density at radius 2 is 1.62 bits per heavy atom. The van der Waals surface area contributed by atoms with E-state index in [1.165, 1.54) is 0 Å². The molecule has 0 fully saturated rings. The molecule has 0 aliphatic rings. The first kappa shape index (κ1) is 10.7. The molecule has 0 spiro atoms. The highest BCUT2D eigenvalue weighted by Gasteiger charge is 1.66. The van der Waals surface area contributed by atoms with Crippen LogP contribution in [0.2, 0.25) is 0 Å². The molecule has 0 saturated heterocycles. The Bertz CT molecular complexity index is 86.0. The zero-order chi connectivity index (χ0) is 4.24. The molecule has 2 radical (unpaired) electrons. The lowest BCUT2D eigenvalue weighted by molar-refractivity contribution is -0.378. The maximum atomic E-state index is 3.75. The third-order valence-corrected chi connectivity index (χ3v) is 0.514. The van der Waals surface area contributed by atoms with Crippen LogP contribution in [0.15, 0.2) is 24.8 Å². The van der Waals surface area contributed by atoms with Gasteiger partial charge in [0.2, 0.25) is 0 Å². The Kier molecular flexibility index (Phi) is 9.13. The van der Waals surface area contributed by atoms with Crippen molar-refractivity contribution in [3.63, 3.8) is 0 Å². The van der Waals surface area contributed by atoms with Gasteiger partial charge in [0.25, 0.3) is 0 Å². The van der Waals surface area contributed by atoms with Gasteiger partial charge in [0.1, 0.15) is 0 Å². The van der Waals surface area contributed by atoms with Gasteiger partial charge in [-0.3, -0.25) is 4.98 Å². The lowest BCUT2D eigenvalue weighted by Gasteiger charge is -1.63. The maximum Gasteiger partial charge on any atom is 0.185 e. The number of nitrogens with one attached hydrogen (secondary N) is 1. The van der Waals surface area contributed by atoms with Crippen molar-refractivity contribution in [3.8, 4) is 0 Å². The Balaban J connectivity index is 0. The summed E-state index contributed by atoms with van der Waals surface area (Å²) in [5.41, 5.74) is 0. The average molecular weight is 122 g/mol. The van der Waals surface area contributed by atoms with Crippen LogP contribution in [0, 0.1) is 0 Å². The Labute approximate surface area is 63.6 Å². The number of H-pyrrole nitrogens is 1. The first-order valence-electron chi connectivity index (χ1n) is 1.76. The molecule has 0 aliphatic carbocycles. The molecule has 40 valence electrons. The van der Waals surface area contributed by atoms with Crippen molar-refractivity contribution < 1.29 is 10.5 Å². The lowest BCUT2D eigenvalue weighted by Crippen LogP contribution is -1.95. The Morgan fingerprint density at radius 3 is 1.75 bits per heavy atom. The Hall–Kier alpha value is -0.194. The van der Waals surface area contributed by atoms with Crippen LogP contribution >= 0.6 is 0 Å². The number of hydrogen-bond donors (Lipinski definition) is 0. The van der Waals surface area contributed by atoms with Crippen LogP contribution < -0.4 is 4.98 Å². The molecule has 1 heterocycles. The predicted octanol–water partition coefficient (Wildman–Crippen LogP) is -0.662. The summed E-state index contributed by atoms with van der Waals surface area (Å²) < 4.78 is 0. The Morgan fingerprint density at radius 1 is 1.12 bits per heavy atom. The smallest absolute Gasteiger partial charge is 0.185 e. The topological polar surface area (TPSA) is 57.0 Å². The number of aromatic nitrogens is 2. The minimum atomic E-state index is 0. The standard InChI is InChI=1S/C4H4N2.Mg.H2O/c1-2-6-4-3-5-1;;/h1-4H;;1H2. The van der Waals surface area contributed by atoms with E-state index in [4.69, 9.17) is 0 Å². The first-order valence-corrected chi connectivity index (χ1v) is 1.76. The number of nitrogens with zero attached hydrogens (tertiary/aromatic N) is 1. The van der Waals surface area contributed by atoms with Crippen LogP contribution in [0.25, 0.3) is 0 Å². The third-order valence-electron chi connectivity index (χ3n) is 0.514. The molecule has 0 unspecified atom stereocenters. The van der Waals surface area contributed by atoms with E-state index in [2.05, 4.69) is 9.97 Å². The molecular formula is C4H6MgN2O. The van der Waals surface area contributed by atoms with Gasteiger partial charge < -0.3 is 5.48 Å². The summed E-state index contributed by atoms with van der Waals surface area (Å²) in [6, 6.07) is 0. The van der Waals surface area contributed by atoms with Gasteiger partial charge in [-0.05, 0) is 0 Å². The third kappa shape index (κ3) is 3.98. The van der Waals surface area contributed by atoms with Crippen molar-refractivity contribution in [1.29, 1.82) is 0 Å². The van der Waals surface area contributed by atoms with Crippen molar-refractivity contribution in [2.45, 2.75) is 0 Å². The van der Waals surface area contributed by atoms with Crippen LogP contribution in [-0.4, -0.2) is 33.5 Å². The van der Waals surface area contributed by atoms with Gasteiger partial charge in [-0.2, -0.15) is 0 Å². The van der Waals surface area contributed by atoms with E-state index in [1.807, 2.05) is 0 Å². The molecular weight excluding hydrogens is 116 g/mol. The SMILES string of the molecule is [Mg].[OH-].c1c[nH+]ccn1. The summed E-state index contributed by atoms with van der Waals surface area (Å²) in [6.07, 6.45) is 6.92. The van der Waals surface area contributed by atoms with Crippen molar-refractivity contribution in [3.05, 3.63) is 24.8 Å². The second kappa shape index (κ2) is 6.81. The minimum Gasteiger partial charge on any atom is -0.870 e. The summed E-state index contributed by atoms with van der Waals surface area (Å²) in [5.74, 6) is 0. The summed E-state index contributed by atoms with van der Waals surface area (Å²) in [7, 11) is 0. The maximum absolute atomic E-state index is 3.75. The molecule has 1 aromatic heterocycles. The molecule has 0 amide bonds. The van der Waals surface area contributed by atoms with E-state index in [0.29, 0.717) is 0 Å². The van der Waals surface area contributed by atoms with Crippen LogP contribution in [-0.2, 0) is 0 Å². The largest absolute Gasteiger partial charge is 0.870 e. The molecule has 1 rings (SSSR count). The molecule has 4 heteroatoms. The quantitative estimate of drug-likeness (QED) is 0.429. The molecule has 0 aliphatic heterocycles. The van der Waals surface area contributed by atoms with Crippen LogP contribution in [0.1, 0.15) is 0 Å². The fraction of sp³-hybridized carbons (Fsp3) is 0. The zero-order valence-electron chi connectivity index (χ0n) is 4.41. The average Bonchev–Trinajstić information content (AvgIpc) is 1.72. The summed E-state index contributed by atoms with van der Waals surface area (Å²) >= 11 is 0. The van der Waals surface area contributed by atoms with Crippen molar-refractivity contribution >= 4 is 23.1 Å². The molecule has 1 aromatic rings. The van der Waals surface area contributed by atoms with Gasteiger partial charge >= 0.3 is 0 Å². The van der Waals surface area contributed by atoms with E-state index in [-0.39, 0.29) is 28.5 Å². The van der Waals surface area contributed by atoms with E-state index in [9.17, 15) is 0 Å². The molecule has 8 heavy (non-hydrogen) atoms. The summed E-state index contributed by atoms with van der Waals surface area (Å²) in [4.78, 5) is 6.58. The highest BCUT2D eigenvalue weighted by atomic mass is 24.3. The van der Waals surface area contributed by atoms with E-state index in [1.54, 1.807) is 24.8 Å². The number of hydrogen-bond acceptors (Lipinski definition) is 2. The lowest BCUT2D eigenvalue weighted by atomic mass is 10.8. The number of rotatable bonds is 0. The molecule has 3 nitrogen and oxygen atoms in total. The van der Waals surface area contributed by atoms with Gasteiger partial charge in [0, 0.05) is 23.1 Å². The van der Waals surface area contributed by atoms with Crippen LogP contribution in [0.3, 0.4) is 0 Å². The second-order valence-corrected chi connectivity index (χ2v) is 0.947. The zero-order valence-corrected chi connectivity index (χ0v) is 5.83. The summed E-state index contributed by atoms with van der Waals surface area (Å²) in [6.45, 7) is 0. The van der Waals surface area contributed by atoms with Gasteiger partial charge in [0.15, 0.2) is 12.4 Å². The van der Waals surface area contributed by atoms with Crippen LogP contribution in [0.5, 0.6) is 0 Å². The van der Waals surface area contributed by atoms with Crippen molar-refractivity contribution in [2.24, 2.45) is 0 Å². The monoisotopic (exact) mass is 122 g/mol. The van der Waals surface area contributed by atoms with E-state index in [0.717, 1.165) is 0 Å². The minimum absolute atomic E-state index is 0. The van der Waals surface area contributed by atoms with E-state index >= 15 is 0 Å². The molecule has 0 bridgehead atoms. The molecule has 0 saturated carbocycles. The highest BCUT2D eigenvalue weighted by Crippen LogP contribution is 1.58. The van der Waals surface area contributed by atoms with E-state index < -0.39 is 0 Å². The number of aromatic amines is 1. The normalized spacial score (nSPS) is 6.00. The van der Waals surface area contributed by atoms with Gasteiger partial charge in [-0.25, -0.2) is 4.98 Å². The highest BCUT2D eigenvalue weighted by molar-refractivity contribution is 5.75. The predicted molar refractivity (Wildman–Crippen MR) is 28.5 cm³/mol. The summed E-state index contributed by atoms with van der Waals surface area (Å²) in [5, 5.41) is 0. The van der Waals surface area contributed by atoms with Crippen molar-refractivity contribution in [2.75, 3.05) is 0 Å². The molecule has 0 aromatic carbocycles. The molecule has 2 N–H and O–H groups in total.